The number of rotatable bonds is 3. The SMILES string of the molecule is OCC1=CC(N=Cc2cccnc2)C(O)C(O)C1O. The minimum Gasteiger partial charge on any atom is -0.392 e. The zero-order chi connectivity index (χ0) is 13.8. The van der Waals surface area contributed by atoms with Crippen molar-refractivity contribution in [3.05, 3.63) is 41.7 Å². The van der Waals surface area contributed by atoms with E-state index in [1.807, 2.05) is 0 Å². The fourth-order valence-electron chi connectivity index (χ4n) is 1.93. The maximum atomic E-state index is 9.83. The van der Waals surface area contributed by atoms with Gasteiger partial charge in [-0.2, -0.15) is 0 Å². The number of aliphatic hydroxyl groups excluding tert-OH is 4. The summed E-state index contributed by atoms with van der Waals surface area (Å²) in [5.41, 5.74) is 1.01. The van der Waals surface area contributed by atoms with Gasteiger partial charge in [0, 0.05) is 24.2 Å². The Balaban J connectivity index is 2.19. The molecule has 1 heterocycles. The predicted octanol–water partition coefficient (Wildman–Crippen LogP) is -1.12. The number of nitrogens with zero attached hydrogens (tertiary/aromatic N) is 2. The molecule has 4 atom stereocenters. The fraction of sp³-hybridized carbons (Fsp3) is 0.385. The smallest absolute Gasteiger partial charge is 0.112 e. The summed E-state index contributed by atoms with van der Waals surface area (Å²) in [5, 5.41) is 38.2. The summed E-state index contributed by atoms with van der Waals surface area (Å²) < 4.78 is 0. The first-order chi connectivity index (χ1) is 9.13. The Kier molecular flexibility index (Phi) is 4.39. The van der Waals surface area contributed by atoms with Gasteiger partial charge in [0.15, 0.2) is 0 Å². The van der Waals surface area contributed by atoms with Crippen molar-refractivity contribution in [1.29, 1.82) is 0 Å². The number of aromatic nitrogens is 1. The molecule has 0 fully saturated rings. The van der Waals surface area contributed by atoms with Crippen LogP contribution < -0.4 is 0 Å². The second-order valence-corrected chi connectivity index (χ2v) is 4.38. The Labute approximate surface area is 110 Å². The van der Waals surface area contributed by atoms with Crippen molar-refractivity contribution in [2.24, 2.45) is 4.99 Å². The molecule has 0 bridgehead atoms. The van der Waals surface area contributed by atoms with E-state index in [1.165, 1.54) is 12.3 Å². The third-order valence-electron chi connectivity index (χ3n) is 3.05. The van der Waals surface area contributed by atoms with E-state index in [0.717, 1.165) is 5.56 Å². The van der Waals surface area contributed by atoms with Crippen LogP contribution in [0.3, 0.4) is 0 Å². The molecule has 4 unspecified atom stereocenters. The maximum absolute atomic E-state index is 9.83. The number of hydrogen-bond acceptors (Lipinski definition) is 6. The zero-order valence-corrected chi connectivity index (χ0v) is 10.2. The third-order valence-corrected chi connectivity index (χ3v) is 3.05. The van der Waals surface area contributed by atoms with Crippen molar-refractivity contribution in [1.82, 2.24) is 4.98 Å². The van der Waals surface area contributed by atoms with Gasteiger partial charge in [0.1, 0.15) is 18.3 Å². The predicted molar refractivity (Wildman–Crippen MR) is 68.8 cm³/mol. The normalized spacial score (nSPS) is 31.5. The minimum atomic E-state index is -1.36. The van der Waals surface area contributed by atoms with Crippen molar-refractivity contribution < 1.29 is 20.4 Å². The molecule has 102 valence electrons. The van der Waals surface area contributed by atoms with Gasteiger partial charge < -0.3 is 20.4 Å². The first kappa shape index (κ1) is 13.8. The lowest BCUT2D eigenvalue weighted by Crippen LogP contribution is -2.48. The molecule has 19 heavy (non-hydrogen) atoms. The standard InChI is InChI=1S/C13H16N2O4/c16-7-9-4-10(12(18)13(19)11(9)17)15-6-8-2-1-3-14-5-8/h1-6,10-13,16-19H,7H2. The molecule has 1 aromatic rings. The van der Waals surface area contributed by atoms with E-state index in [4.69, 9.17) is 5.11 Å². The number of pyridine rings is 1. The highest BCUT2D eigenvalue weighted by molar-refractivity contribution is 5.79. The lowest BCUT2D eigenvalue weighted by atomic mass is 9.88. The van der Waals surface area contributed by atoms with Crippen LogP contribution in [-0.2, 0) is 0 Å². The van der Waals surface area contributed by atoms with Gasteiger partial charge in [-0.15, -0.1) is 0 Å². The Hall–Kier alpha value is -1.60. The Morgan fingerprint density at radius 3 is 2.68 bits per heavy atom. The summed E-state index contributed by atoms with van der Waals surface area (Å²) in [6.07, 6.45) is 2.41. The highest BCUT2D eigenvalue weighted by Crippen LogP contribution is 2.22. The molecule has 0 radical (unpaired) electrons. The highest BCUT2D eigenvalue weighted by atomic mass is 16.4. The molecule has 0 amide bonds. The molecule has 0 spiro atoms. The number of aliphatic hydroxyl groups is 4. The summed E-state index contributed by atoms with van der Waals surface area (Å²) in [5.74, 6) is 0. The molecule has 1 aromatic heterocycles. The molecule has 4 N–H and O–H groups in total. The van der Waals surface area contributed by atoms with E-state index in [1.54, 1.807) is 24.5 Å². The summed E-state index contributed by atoms with van der Waals surface area (Å²) in [6.45, 7) is -0.385. The third kappa shape index (κ3) is 3.05. The molecule has 1 aliphatic carbocycles. The number of hydrogen-bond donors (Lipinski definition) is 4. The molecule has 6 heteroatoms. The van der Waals surface area contributed by atoms with Crippen molar-refractivity contribution in [3.8, 4) is 0 Å². The molecule has 6 nitrogen and oxygen atoms in total. The summed E-state index contributed by atoms with van der Waals surface area (Å²) in [6, 6.07) is 2.85. The van der Waals surface area contributed by atoms with Gasteiger partial charge in [0.05, 0.1) is 12.6 Å². The van der Waals surface area contributed by atoms with Gasteiger partial charge in [-0.3, -0.25) is 9.98 Å². The van der Waals surface area contributed by atoms with Crippen LogP contribution in [0.1, 0.15) is 5.56 Å². The van der Waals surface area contributed by atoms with E-state index < -0.39 is 24.4 Å². The van der Waals surface area contributed by atoms with Crippen LogP contribution in [0.15, 0.2) is 41.2 Å². The van der Waals surface area contributed by atoms with E-state index in [2.05, 4.69) is 9.98 Å². The molecule has 2 rings (SSSR count). The van der Waals surface area contributed by atoms with Crippen molar-refractivity contribution in [2.45, 2.75) is 24.4 Å². The van der Waals surface area contributed by atoms with Gasteiger partial charge in [-0.1, -0.05) is 12.1 Å². The van der Waals surface area contributed by atoms with Crippen LogP contribution in [0, 0.1) is 0 Å². The van der Waals surface area contributed by atoms with Crippen LogP contribution in [0.4, 0.5) is 0 Å². The lowest BCUT2D eigenvalue weighted by molar-refractivity contribution is -0.0592. The first-order valence-electron chi connectivity index (χ1n) is 5.92. The number of aliphatic imine (C=N–C) groups is 1. The average Bonchev–Trinajstić information content (AvgIpc) is 2.45. The van der Waals surface area contributed by atoms with E-state index >= 15 is 0 Å². The van der Waals surface area contributed by atoms with Crippen LogP contribution in [-0.4, -0.2) is 62.6 Å². The second-order valence-electron chi connectivity index (χ2n) is 4.38. The van der Waals surface area contributed by atoms with Crippen molar-refractivity contribution >= 4 is 6.21 Å². The average molecular weight is 264 g/mol. The summed E-state index contributed by atoms with van der Waals surface area (Å²) in [4.78, 5) is 8.07. The molecular formula is C13H16N2O4. The van der Waals surface area contributed by atoms with Crippen LogP contribution in [0.5, 0.6) is 0 Å². The Morgan fingerprint density at radius 2 is 2.05 bits per heavy atom. The second kappa shape index (κ2) is 6.03. The monoisotopic (exact) mass is 264 g/mol. The van der Waals surface area contributed by atoms with Crippen molar-refractivity contribution in [2.75, 3.05) is 6.61 Å². The fourth-order valence-corrected chi connectivity index (χ4v) is 1.93. The van der Waals surface area contributed by atoms with Gasteiger partial charge in [-0.25, -0.2) is 0 Å². The van der Waals surface area contributed by atoms with Gasteiger partial charge in [-0.05, 0) is 11.6 Å². The topological polar surface area (TPSA) is 106 Å². The van der Waals surface area contributed by atoms with E-state index in [0.29, 0.717) is 0 Å². The van der Waals surface area contributed by atoms with Crippen LogP contribution in [0.2, 0.25) is 0 Å². The van der Waals surface area contributed by atoms with Gasteiger partial charge >= 0.3 is 0 Å². The van der Waals surface area contributed by atoms with E-state index in [9.17, 15) is 15.3 Å². The van der Waals surface area contributed by atoms with Crippen LogP contribution >= 0.6 is 0 Å². The maximum Gasteiger partial charge on any atom is 0.112 e. The molecule has 1 aliphatic rings. The summed E-state index contributed by atoms with van der Waals surface area (Å²) >= 11 is 0. The molecular weight excluding hydrogens is 248 g/mol. The van der Waals surface area contributed by atoms with Crippen molar-refractivity contribution in [3.63, 3.8) is 0 Å². The molecule has 0 saturated heterocycles. The lowest BCUT2D eigenvalue weighted by Gasteiger charge is -2.32. The largest absolute Gasteiger partial charge is 0.392 e. The Bertz CT molecular complexity index is 475. The first-order valence-corrected chi connectivity index (χ1v) is 5.92. The van der Waals surface area contributed by atoms with E-state index in [-0.39, 0.29) is 12.2 Å². The van der Waals surface area contributed by atoms with Gasteiger partial charge in [0.2, 0.25) is 0 Å². The molecule has 0 aromatic carbocycles. The zero-order valence-electron chi connectivity index (χ0n) is 10.2. The Morgan fingerprint density at radius 1 is 1.26 bits per heavy atom. The molecule has 0 saturated carbocycles. The van der Waals surface area contributed by atoms with Gasteiger partial charge in [0.25, 0.3) is 0 Å². The highest BCUT2D eigenvalue weighted by Gasteiger charge is 2.36. The quantitative estimate of drug-likeness (QED) is 0.409. The minimum absolute atomic E-state index is 0.256. The summed E-state index contributed by atoms with van der Waals surface area (Å²) in [7, 11) is 0. The molecule has 0 aliphatic heterocycles. The van der Waals surface area contributed by atoms with Crippen LogP contribution in [0.25, 0.3) is 0 Å².